The summed E-state index contributed by atoms with van der Waals surface area (Å²) in [5.74, 6) is -1.30. The average molecular weight is 359 g/mol. The van der Waals surface area contributed by atoms with Gasteiger partial charge in [0.05, 0.1) is 11.3 Å². The molecule has 8 heteroatoms. The van der Waals surface area contributed by atoms with E-state index >= 15 is 0 Å². The van der Waals surface area contributed by atoms with Crippen molar-refractivity contribution in [2.24, 2.45) is 0 Å². The van der Waals surface area contributed by atoms with Crippen molar-refractivity contribution in [2.75, 3.05) is 0 Å². The van der Waals surface area contributed by atoms with Crippen LogP contribution in [0, 0.1) is 0 Å². The second-order valence-electron chi connectivity index (χ2n) is 6.07. The number of rotatable bonds is 2. The fraction of sp³-hybridized carbons (Fsp3) is 0.312. The van der Waals surface area contributed by atoms with E-state index in [4.69, 9.17) is 5.11 Å². The molecule has 1 saturated heterocycles. The lowest BCUT2D eigenvalue weighted by Crippen LogP contribution is -2.51. The van der Waals surface area contributed by atoms with Gasteiger partial charge >= 0.3 is 5.97 Å². The normalized spacial score (nSPS) is 24.1. The summed E-state index contributed by atoms with van der Waals surface area (Å²) in [4.78, 5) is 31.7. The molecule has 0 bridgehead atoms. The number of nitrogens with zero attached hydrogens (tertiary/aromatic N) is 3. The Kier molecular flexibility index (Phi) is 2.96. The smallest absolute Gasteiger partial charge is 0.353 e. The van der Waals surface area contributed by atoms with E-state index in [1.54, 1.807) is 17.4 Å². The minimum absolute atomic E-state index is 0.0621. The molecule has 0 unspecified atom stereocenters. The number of imidazole rings is 1. The molecular weight excluding hydrogens is 346 g/mol. The summed E-state index contributed by atoms with van der Waals surface area (Å²) in [7, 11) is 0. The van der Waals surface area contributed by atoms with E-state index in [1.807, 2.05) is 6.20 Å². The number of fused-ring (bicyclic) bond motifs is 4. The van der Waals surface area contributed by atoms with Crippen LogP contribution < -0.4 is 0 Å². The van der Waals surface area contributed by atoms with Crippen LogP contribution in [0.25, 0.3) is 11.0 Å². The van der Waals surface area contributed by atoms with Crippen LogP contribution in [-0.2, 0) is 22.4 Å². The molecule has 1 aliphatic carbocycles. The number of aromatic nitrogens is 2. The van der Waals surface area contributed by atoms with Crippen molar-refractivity contribution < 1.29 is 14.7 Å². The molecule has 1 atom stereocenters. The molecule has 122 valence electrons. The van der Waals surface area contributed by atoms with Gasteiger partial charge < -0.3 is 5.11 Å². The molecule has 2 aromatic heterocycles. The summed E-state index contributed by atoms with van der Waals surface area (Å²) in [6.45, 7) is 0. The Balaban J connectivity index is 1.47. The van der Waals surface area contributed by atoms with E-state index in [2.05, 4.69) is 9.38 Å². The maximum absolute atomic E-state index is 12.3. The van der Waals surface area contributed by atoms with Crippen LogP contribution in [0.4, 0.5) is 0 Å². The summed E-state index contributed by atoms with van der Waals surface area (Å²) in [6.07, 6.45) is 8.46. The zero-order valence-electron chi connectivity index (χ0n) is 12.6. The van der Waals surface area contributed by atoms with Crippen LogP contribution in [0.5, 0.6) is 0 Å². The number of thioether (sulfide) groups is 1. The number of aryl methyl sites for hydroxylation is 2. The number of aliphatic carboxylic acids is 1. The van der Waals surface area contributed by atoms with Gasteiger partial charge in [-0.1, -0.05) is 0 Å². The molecule has 3 aliphatic rings. The van der Waals surface area contributed by atoms with Gasteiger partial charge in [-0.05, 0) is 31.8 Å². The van der Waals surface area contributed by atoms with Crippen molar-refractivity contribution in [1.29, 1.82) is 0 Å². The van der Waals surface area contributed by atoms with Crippen LogP contribution in [0.15, 0.2) is 22.9 Å². The van der Waals surface area contributed by atoms with Crippen molar-refractivity contribution in [3.05, 3.63) is 39.1 Å². The van der Waals surface area contributed by atoms with E-state index in [0.29, 0.717) is 5.57 Å². The maximum Gasteiger partial charge on any atom is 0.353 e. The summed E-state index contributed by atoms with van der Waals surface area (Å²) in [5.41, 5.74) is 2.80. The second-order valence-corrected chi connectivity index (χ2v) is 8.09. The molecule has 4 heterocycles. The number of carbonyl (C=O) groups excluding carboxylic acids is 1. The number of hydrogen-bond acceptors (Lipinski definition) is 5. The van der Waals surface area contributed by atoms with Crippen molar-refractivity contribution in [2.45, 2.75) is 31.1 Å². The third kappa shape index (κ3) is 1.86. The first-order chi connectivity index (χ1) is 11.6. The molecule has 0 radical (unpaired) electrons. The Labute approximate surface area is 145 Å². The first-order valence-electron chi connectivity index (χ1n) is 7.77. The van der Waals surface area contributed by atoms with Gasteiger partial charge in [-0.25, -0.2) is 9.78 Å². The molecule has 1 fully saturated rings. The lowest BCUT2D eigenvalue weighted by atomic mass is 10.0. The number of carboxylic acid groups (broad SMARTS) is 1. The third-order valence-electron chi connectivity index (χ3n) is 4.64. The largest absolute Gasteiger partial charge is 0.477 e. The molecule has 1 N–H and O–H groups in total. The lowest BCUT2D eigenvalue weighted by molar-refractivity contribution is -0.141. The van der Waals surface area contributed by atoms with Gasteiger partial charge in [0.1, 0.15) is 11.1 Å². The molecule has 2 aliphatic heterocycles. The van der Waals surface area contributed by atoms with Crippen LogP contribution in [-0.4, -0.2) is 36.6 Å². The molecule has 2 aromatic rings. The first kappa shape index (κ1) is 14.3. The third-order valence-corrected chi connectivity index (χ3v) is 6.88. The number of carbonyl (C=O) groups is 2. The lowest BCUT2D eigenvalue weighted by Gasteiger charge is -2.36. The fourth-order valence-electron chi connectivity index (χ4n) is 3.48. The zero-order valence-corrected chi connectivity index (χ0v) is 14.2. The summed E-state index contributed by atoms with van der Waals surface area (Å²) >= 11 is 3.09. The monoisotopic (exact) mass is 359 g/mol. The standard InChI is InChI=1S/C16H13N3O3S2/c20-13-9(14-19(13)11(7-23-14)15(21)22)5-8-6-18-10-3-1-2-4-12(10)24-16(18)17-8/h5-7,14H,1-4H2,(H,21,22)/b9-5+/t14-/m1/s1. The minimum atomic E-state index is -1.06. The Hall–Kier alpha value is -2.06. The topological polar surface area (TPSA) is 74.9 Å². The first-order valence-corrected chi connectivity index (χ1v) is 9.53. The Morgan fingerprint density at radius 1 is 1.38 bits per heavy atom. The van der Waals surface area contributed by atoms with Gasteiger partial charge in [0.25, 0.3) is 5.91 Å². The molecule has 5 rings (SSSR count). The number of thiazole rings is 1. The van der Waals surface area contributed by atoms with E-state index in [-0.39, 0.29) is 17.0 Å². The van der Waals surface area contributed by atoms with Crippen LogP contribution >= 0.6 is 23.1 Å². The Bertz CT molecular complexity index is 969. The summed E-state index contributed by atoms with van der Waals surface area (Å²) < 4.78 is 2.15. The van der Waals surface area contributed by atoms with Gasteiger partial charge in [-0.2, -0.15) is 0 Å². The van der Waals surface area contributed by atoms with Crippen LogP contribution in [0.2, 0.25) is 0 Å². The maximum atomic E-state index is 12.3. The SMILES string of the molecule is O=C(O)C1=CS[C@@H]2/C(=C/c3cn4c5c(sc4n3)CCCC5)C(=O)N12. The van der Waals surface area contributed by atoms with Crippen molar-refractivity contribution in [1.82, 2.24) is 14.3 Å². The Morgan fingerprint density at radius 3 is 3.04 bits per heavy atom. The predicted molar refractivity (Wildman–Crippen MR) is 91.6 cm³/mol. The van der Waals surface area contributed by atoms with Gasteiger partial charge in [-0.3, -0.25) is 14.1 Å². The van der Waals surface area contributed by atoms with E-state index in [1.165, 1.54) is 45.5 Å². The molecule has 1 amide bonds. The number of amides is 1. The quantitative estimate of drug-likeness (QED) is 0.659. The van der Waals surface area contributed by atoms with Gasteiger partial charge in [-0.15, -0.1) is 23.1 Å². The highest BCUT2D eigenvalue weighted by Crippen LogP contribution is 2.45. The molecule has 24 heavy (non-hydrogen) atoms. The molecule has 6 nitrogen and oxygen atoms in total. The minimum Gasteiger partial charge on any atom is -0.477 e. The highest BCUT2D eigenvalue weighted by atomic mass is 32.2. The van der Waals surface area contributed by atoms with Crippen LogP contribution in [0.3, 0.4) is 0 Å². The Morgan fingerprint density at radius 2 is 2.21 bits per heavy atom. The molecular formula is C16H13N3O3S2. The number of carboxylic acids is 1. The fourth-order valence-corrected chi connectivity index (χ4v) is 5.79. The molecule has 0 saturated carbocycles. The van der Waals surface area contributed by atoms with Crippen molar-refractivity contribution in [3.63, 3.8) is 0 Å². The second kappa shape index (κ2) is 4.97. The number of hydrogen-bond donors (Lipinski definition) is 1. The van der Waals surface area contributed by atoms with Gasteiger partial charge in [0.15, 0.2) is 4.96 Å². The van der Waals surface area contributed by atoms with E-state index < -0.39 is 5.97 Å². The van der Waals surface area contributed by atoms with E-state index in [0.717, 1.165) is 23.5 Å². The van der Waals surface area contributed by atoms with E-state index in [9.17, 15) is 9.59 Å². The predicted octanol–water partition coefficient (Wildman–Crippen LogP) is 2.50. The van der Waals surface area contributed by atoms with Crippen LogP contribution in [0.1, 0.15) is 29.1 Å². The van der Waals surface area contributed by atoms with Crippen molar-refractivity contribution >= 4 is 46.0 Å². The zero-order chi connectivity index (χ0) is 16.4. The number of β-lactam (4-membered cyclic amide) rings is 1. The highest BCUT2D eigenvalue weighted by Gasteiger charge is 2.49. The average Bonchev–Trinajstić information content (AvgIpc) is 3.22. The van der Waals surface area contributed by atoms with Gasteiger partial charge in [0, 0.05) is 22.2 Å². The summed E-state index contributed by atoms with van der Waals surface area (Å²) in [5, 5.41) is 10.4. The molecule has 0 spiro atoms. The van der Waals surface area contributed by atoms with Crippen molar-refractivity contribution in [3.8, 4) is 0 Å². The molecule has 0 aromatic carbocycles. The highest BCUT2D eigenvalue weighted by molar-refractivity contribution is 8.03. The van der Waals surface area contributed by atoms with Gasteiger partial charge in [0.2, 0.25) is 0 Å². The summed E-state index contributed by atoms with van der Waals surface area (Å²) in [6, 6.07) is 0.